The van der Waals surface area contributed by atoms with Crippen molar-refractivity contribution >= 4 is 52.7 Å². The molecule has 0 spiro atoms. The van der Waals surface area contributed by atoms with E-state index in [0.717, 1.165) is 11.1 Å². The second kappa shape index (κ2) is 10.5. The van der Waals surface area contributed by atoms with E-state index in [1.165, 1.54) is 0 Å². The minimum atomic E-state index is -0.602. The Morgan fingerprint density at radius 3 is 2.56 bits per heavy atom. The maximum Gasteiger partial charge on any atom is 0.363 e. The van der Waals surface area contributed by atoms with E-state index < -0.39 is 5.97 Å². The Hall–Kier alpha value is -2.99. The third-order valence-electron chi connectivity index (χ3n) is 4.88. The van der Waals surface area contributed by atoms with Crippen LogP contribution < -0.4 is 9.47 Å². The predicted molar refractivity (Wildman–Crippen MR) is 135 cm³/mol. The topological polar surface area (TPSA) is 57.1 Å². The van der Waals surface area contributed by atoms with Gasteiger partial charge < -0.3 is 14.2 Å². The van der Waals surface area contributed by atoms with Crippen molar-refractivity contribution in [3.63, 3.8) is 0 Å². The number of carbonyl (C=O) groups excluding carboxylic acids is 1. The molecular formula is C26H20Cl3NO4. The number of rotatable bonds is 7. The fourth-order valence-corrected chi connectivity index (χ4v) is 4.14. The van der Waals surface area contributed by atoms with Crippen molar-refractivity contribution in [3.8, 4) is 11.5 Å². The number of ether oxygens (including phenoxy) is 3. The minimum absolute atomic E-state index is 0.104. The highest BCUT2D eigenvalue weighted by Crippen LogP contribution is 2.38. The van der Waals surface area contributed by atoms with Crippen molar-refractivity contribution in [2.75, 3.05) is 6.61 Å². The second-order valence-electron chi connectivity index (χ2n) is 7.50. The number of cyclic esters (lactones) is 1. The van der Waals surface area contributed by atoms with Gasteiger partial charge in [-0.1, -0.05) is 64.6 Å². The van der Waals surface area contributed by atoms with Crippen LogP contribution in [0.3, 0.4) is 0 Å². The molecule has 0 bridgehead atoms. The van der Waals surface area contributed by atoms with Crippen molar-refractivity contribution in [2.45, 2.75) is 20.5 Å². The molecule has 0 radical (unpaired) electrons. The first-order valence-electron chi connectivity index (χ1n) is 10.5. The molecule has 0 atom stereocenters. The van der Waals surface area contributed by atoms with E-state index in [2.05, 4.69) is 4.99 Å². The summed E-state index contributed by atoms with van der Waals surface area (Å²) in [6.45, 7) is 4.64. The first-order chi connectivity index (χ1) is 16.3. The van der Waals surface area contributed by atoms with Crippen molar-refractivity contribution in [1.82, 2.24) is 0 Å². The van der Waals surface area contributed by atoms with Crippen LogP contribution in [-0.2, 0) is 16.1 Å². The molecule has 1 aliphatic rings. The molecule has 4 rings (SSSR count). The van der Waals surface area contributed by atoms with E-state index >= 15 is 0 Å². The van der Waals surface area contributed by atoms with Gasteiger partial charge in [-0.2, -0.15) is 0 Å². The zero-order valence-electron chi connectivity index (χ0n) is 18.4. The quantitative estimate of drug-likeness (QED) is 0.245. The molecule has 0 saturated carbocycles. The predicted octanol–water partition coefficient (Wildman–Crippen LogP) is 7.28. The van der Waals surface area contributed by atoms with Crippen molar-refractivity contribution < 1.29 is 19.0 Å². The second-order valence-corrected chi connectivity index (χ2v) is 8.75. The lowest BCUT2D eigenvalue weighted by Crippen LogP contribution is -2.06. The Labute approximate surface area is 212 Å². The summed E-state index contributed by atoms with van der Waals surface area (Å²) in [7, 11) is 0. The highest BCUT2D eigenvalue weighted by Gasteiger charge is 2.26. The molecule has 0 N–H and O–H groups in total. The normalized spacial score (nSPS) is 14.2. The molecule has 0 unspecified atom stereocenters. The molecule has 0 saturated heterocycles. The standard InChI is InChI=1S/C26H20Cl3NO4/c1-3-32-23-12-17(10-21(29)24(23)33-14-16-6-4-5-15(2)9-16)11-22-26(31)34-25(30-22)19-8-7-18(27)13-20(19)28/h4-13H,3,14H2,1-2H3/b22-11-. The first kappa shape index (κ1) is 24.1. The van der Waals surface area contributed by atoms with Gasteiger partial charge in [0.2, 0.25) is 5.90 Å². The smallest absolute Gasteiger partial charge is 0.363 e. The number of halogens is 3. The first-order valence-corrected chi connectivity index (χ1v) is 11.6. The third kappa shape index (κ3) is 5.55. The molecular weight excluding hydrogens is 497 g/mol. The van der Waals surface area contributed by atoms with E-state index in [1.54, 1.807) is 36.4 Å². The highest BCUT2D eigenvalue weighted by molar-refractivity contribution is 6.37. The van der Waals surface area contributed by atoms with Crippen LogP contribution in [0, 0.1) is 6.92 Å². The van der Waals surface area contributed by atoms with Crippen LogP contribution in [-0.4, -0.2) is 18.5 Å². The lowest BCUT2D eigenvalue weighted by atomic mass is 10.1. The molecule has 1 heterocycles. The van der Waals surface area contributed by atoms with Gasteiger partial charge in [-0.15, -0.1) is 0 Å². The average molecular weight is 517 g/mol. The van der Waals surface area contributed by atoms with Gasteiger partial charge in [0.05, 0.1) is 22.2 Å². The molecule has 0 aliphatic carbocycles. The third-order valence-corrected chi connectivity index (χ3v) is 5.71. The van der Waals surface area contributed by atoms with Crippen molar-refractivity contribution in [1.29, 1.82) is 0 Å². The van der Waals surface area contributed by atoms with Crippen LogP contribution in [0.2, 0.25) is 15.1 Å². The van der Waals surface area contributed by atoms with E-state index in [4.69, 9.17) is 49.0 Å². The average Bonchev–Trinajstić information content (AvgIpc) is 3.13. The molecule has 5 nitrogen and oxygen atoms in total. The van der Waals surface area contributed by atoms with E-state index in [-0.39, 0.29) is 11.6 Å². The number of aliphatic imine (C=N–C) groups is 1. The number of hydrogen-bond acceptors (Lipinski definition) is 5. The molecule has 8 heteroatoms. The number of hydrogen-bond donors (Lipinski definition) is 0. The van der Waals surface area contributed by atoms with Gasteiger partial charge in [-0.05, 0) is 61.4 Å². The van der Waals surface area contributed by atoms with Crippen LogP contribution in [0.5, 0.6) is 11.5 Å². The van der Waals surface area contributed by atoms with Gasteiger partial charge in [-0.25, -0.2) is 9.79 Å². The van der Waals surface area contributed by atoms with Crippen LogP contribution in [0.15, 0.2) is 65.3 Å². The Balaban J connectivity index is 1.62. The molecule has 0 aromatic heterocycles. The van der Waals surface area contributed by atoms with Gasteiger partial charge in [0.1, 0.15) is 6.61 Å². The molecule has 174 valence electrons. The van der Waals surface area contributed by atoms with Gasteiger partial charge in [-0.3, -0.25) is 0 Å². The summed E-state index contributed by atoms with van der Waals surface area (Å²) in [5, 5.41) is 1.15. The van der Waals surface area contributed by atoms with Crippen molar-refractivity contribution in [3.05, 3.63) is 97.6 Å². The monoisotopic (exact) mass is 515 g/mol. The molecule has 0 fully saturated rings. The lowest BCUT2D eigenvalue weighted by molar-refractivity contribution is -0.129. The zero-order chi connectivity index (χ0) is 24.2. The number of nitrogens with zero attached hydrogens (tertiary/aromatic N) is 1. The van der Waals surface area contributed by atoms with E-state index in [0.29, 0.717) is 50.9 Å². The fourth-order valence-electron chi connectivity index (χ4n) is 3.38. The van der Waals surface area contributed by atoms with Gasteiger partial charge in [0.25, 0.3) is 0 Å². The fraction of sp³-hybridized carbons (Fsp3) is 0.154. The van der Waals surface area contributed by atoms with Gasteiger partial charge >= 0.3 is 5.97 Å². The molecule has 3 aromatic carbocycles. The summed E-state index contributed by atoms with van der Waals surface area (Å²) in [5.41, 5.74) is 3.34. The molecule has 3 aromatic rings. The van der Waals surface area contributed by atoms with E-state index in [9.17, 15) is 4.79 Å². The highest BCUT2D eigenvalue weighted by atomic mass is 35.5. The van der Waals surface area contributed by atoms with Crippen LogP contribution in [0.1, 0.15) is 29.2 Å². The van der Waals surface area contributed by atoms with Crippen LogP contribution in [0.4, 0.5) is 0 Å². The summed E-state index contributed by atoms with van der Waals surface area (Å²) in [4.78, 5) is 16.7. The molecule has 1 aliphatic heterocycles. The Morgan fingerprint density at radius 2 is 1.82 bits per heavy atom. The van der Waals surface area contributed by atoms with Crippen LogP contribution in [0.25, 0.3) is 6.08 Å². The van der Waals surface area contributed by atoms with Gasteiger partial charge in [0.15, 0.2) is 17.2 Å². The lowest BCUT2D eigenvalue weighted by Gasteiger charge is -2.15. The number of aryl methyl sites for hydroxylation is 1. The number of esters is 1. The van der Waals surface area contributed by atoms with Gasteiger partial charge in [0, 0.05) is 5.02 Å². The summed E-state index contributed by atoms with van der Waals surface area (Å²) >= 11 is 18.7. The Bertz CT molecular complexity index is 1320. The largest absolute Gasteiger partial charge is 0.490 e. The molecule has 34 heavy (non-hydrogen) atoms. The zero-order valence-corrected chi connectivity index (χ0v) is 20.7. The van der Waals surface area contributed by atoms with Crippen LogP contribution >= 0.6 is 34.8 Å². The summed E-state index contributed by atoms with van der Waals surface area (Å²) < 4.78 is 17.0. The maximum absolute atomic E-state index is 12.4. The summed E-state index contributed by atoms with van der Waals surface area (Å²) in [6.07, 6.45) is 1.57. The summed E-state index contributed by atoms with van der Waals surface area (Å²) in [6, 6.07) is 16.3. The van der Waals surface area contributed by atoms with Crippen molar-refractivity contribution in [2.24, 2.45) is 4.99 Å². The van der Waals surface area contributed by atoms with E-state index in [1.807, 2.05) is 38.1 Å². The Kier molecular flexibility index (Phi) is 7.47. The molecule has 0 amide bonds. The Morgan fingerprint density at radius 1 is 1.00 bits per heavy atom. The maximum atomic E-state index is 12.4. The number of benzene rings is 3. The SMILES string of the molecule is CCOc1cc(/C=C2\N=C(c3ccc(Cl)cc3Cl)OC2=O)cc(Cl)c1OCc1cccc(C)c1. The summed E-state index contributed by atoms with van der Waals surface area (Å²) in [5.74, 6) is 0.395. The number of carbonyl (C=O) groups is 1. The minimum Gasteiger partial charge on any atom is -0.490 e.